The predicted molar refractivity (Wildman–Crippen MR) is 127 cm³/mol. The van der Waals surface area contributed by atoms with Gasteiger partial charge in [0.05, 0.1) is 11.8 Å². The van der Waals surface area contributed by atoms with Crippen molar-refractivity contribution in [1.82, 2.24) is 4.90 Å². The molecule has 0 aliphatic heterocycles. The molecule has 7 heteroatoms. The van der Waals surface area contributed by atoms with Gasteiger partial charge >= 0.3 is 12.4 Å². The third-order valence-corrected chi connectivity index (χ3v) is 7.14. The summed E-state index contributed by atoms with van der Waals surface area (Å²) in [5, 5.41) is 0. The van der Waals surface area contributed by atoms with Gasteiger partial charge in [-0.05, 0) is 68.3 Å². The van der Waals surface area contributed by atoms with Crippen molar-refractivity contribution in [3.8, 4) is 0 Å². The summed E-state index contributed by atoms with van der Waals surface area (Å²) in [6, 6.07) is 16.7. The molecular weight excluding hydrogens is 464 g/mol. The Kier molecular flexibility index (Phi) is 9.68. The Morgan fingerprint density at radius 2 is 1.29 bits per heavy atom. The zero-order valence-electron chi connectivity index (χ0n) is 20.2. The summed E-state index contributed by atoms with van der Waals surface area (Å²) in [5.74, 6) is -5.49. The molecule has 1 nitrogen and oxygen atoms in total. The van der Waals surface area contributed by atoms with Crippen LogP contribution in [0, 0.1) is 11.8 Å². The minimum Gasteiger partial charge on any atom is -0.303 e. The van der Waals surface area contributed by atoms with Crippen LogP contribution >= 0.6 is 0 Å². The molecule has 0 heterocycles. The Bertz CT molecular complexity index is 853. The Morgan fingerprint density at radius 1 is 0.714 bits per heavy atom. The first kappa shape index (κ1) is 27.6. The van der Waals surface area contributed by atoms with E-state index in [9.17, 15) is 26.3 Å². The molecule has 0 amide bonds. The number of alkyl halides is 6. The Balaban J connectivity index is 1.61. The molecule has 0 radical (unpaired) electrons. The van der Waals surface area contributed by atoms with Gasteiger partial charge in [-0.15, -0.1) is 0 Å². The second kappa shape index (κ2) is 12.3. The maximum absolute atomic E-state index is 13.6. The summed E-state index contributed by atoms with van der Waals surface area (Å²) >= 11 is 0. The highest BCUT2D eigenvalue weighted by molar-refractivity contribution is 5.28. The van der Waals surface area contributed by atoms with Crippen LogP contribution in [0.4, 0.5) is 26.3 Å². The first-order valence-electron chi connectivity index (χ1n) is 12.6. The molecule has 0 spiro atoms. The highest BCUT2D eigenvalue weighted by atomic mass is 19.4. The number of hydrogen-bond donors (Lipinski definition) is 0. The molecule has 2 aromatic rings. The molecule has 0 aromatic heterocycles. The lowest BCUT2D eigenvalue weighted by molar-refractivity contribution is -0.231. The number of halogens is 6. The van der Waals surface area contributed by atoms with Crippen molar-refractivity contribution >= 4 is 0 Å². The minimum absolute atomic E-state index is 0.0541. The lowest BCUT2D eigenvalue weighted by Crippen LogP contribution is -2.42. The third kappa shape index (κ3) is 7.99. The molecule has 1 saturated carbocycles. The van der Waals surface area contributed by atoms with E-state index in [0.29, 0.717) is 0 Å². The van der Waals surface area contributed by atoms with Crippen LogP contribution < -0.4 is 0 Å². The van der Waals surface area contributed by atoms with Crippen LogP contribution in [0.25, 0.3) is 0 Å². The van der Waals surface area contributed by atoms with E-state index in [0.717, 1.165) is 50.9 Å². The monoisotopic (exact) mass is 499 g/mol. The van der Waals surface area contributed by atoms with Crippen molar-refractivity contribution in [2.24, 2.45) is 11.8 Å². The van der Waals surface area contributed by atoms with E-state index in [4.69, 9.17) is 0 Å². The fourth-order valence-electron chi connectivity index (χ4n) is 5.39. The van der Waals surface area contributed by atoms with Gasteiger partial charge in [-0.2, -0.15) is 26.3 Å². The summed E-state index contributed by atoms with van der Waals surface area (Å²) in [5.41, 5.74) is 2.38. The van der Waals surface area contributed by atoms with Gasteiger partial charge in [0.25, 0.3) is 0 Å². The SMILES string of the molecule is CCCN(CCCc1ccc(C2C(C(F)(F)F)CCCC2C(F)(F)F)cc1)CCc1ccccc1. The molecule has 2 atom stereocenters. The van der Waals surface area contributed by atoms with Crippen LogP contribution in [-0.2, 0) is 12.8 Å². The smallest absolute Gasteiger partial charge is 0.303 e. The maximum atomic E-state index is 13.6. The van der Waals surface area contributed by atoms with E-state index in [1.54, 1.807) is 12.1 Å². The Labute approximate surface area is 204 Å². The summed E-state index contributed by atoms with van der Waals surface area (Å²) in [4.78, 5) is 2.41. The molecule has 1 aliphatic carbocycles. The second-order valence-corrected chi connectivity index (χ2v) is 9.68. The number of benzene rings is 2. The first-order valence-corrected chi connectivity index (χ1v) is 12.6. The van der Waals surface area contributed by atoms with Crippen molar-refractivity contribution in [2.45, 2.75) is 70.1 Å². The van der Waals surface area contributed by atoms with Crippen LogP contribution in [0.2, 0.25) is 0 Å². The number of aryl methyl sites for hydroxylation is 1. The molecule has 3 rings (SSSR count). The van der Waals surface area contributed by atoms with Crippen molar-refractivity contribution in [2.75, 3.05) is 19.6 Å². The molecule has 0 N–H and O–H groups in total. The fourth-order valence-corrected chi connectivity index (χ4v) is 5.39. The summed E-state index contributed by atoms with van der Waals surface area (Å²) in [6.07, 6.45) is -6.20. The van der Waals surface area contributed by atoms with Crippen molar-refractivity contribution in [1.29, 1.82) is 0 Å². The molecule has 0 bridgehead atoms. The van der Waals surface area contributed by atoms with E-state index in [1.807, 2.05) is 18.2 Å². The molecule has 2 aromatic carbocycles. The average molecular weight is 500 g/mol. The molecular formula is C28H35F6N. The molecule has 1 fully saturated rings. The Hall–Kier alpha value is -2.02. The lowest BCUT2D eigenvalue weighted by Gasteiger charge is -2.40. The highest BCUT2D eigenvalue weighted by Crippen LogP contribution is 2.53. The van der Waals surface area contributed by atoms with E-state index in [1.165, 1.54) is 17.7 Å². The largest absolute Gasteiger partial charge is 0.392 e. The zero-order chi connectivity index (χ0) is 25.5. The summed E-state index contributed by atoms with van der Waals surface area (Å²) in [7, 11) is 0. The Morgan fingerprint density at radius 3 is 1.83 bits per heavy atom. The van der Waals surface area contributed by atoms with Gasteiger partial charge in [-0.25, -0.2) is 0 Å². The number of hydrogen-bond acceptors (Lipinski definition) is 1. The van der Waals surface area contributed by atoms with Gasteiger partial charge in [-0.1, -0.05) is 67.9 Å². The zero-order valence-corrected chi connectivity index (χ0v) is 20.2. The van der Waals surface area contributed by atoms with E-state index in [2.05, 4.69) is 24.0 Å². The van der Waals surface area contributed by atoms with E-state index < -0.39 is 30.1 Å². The van der Waals surface area contributed by atoms with Gasteiger partial charge < -0.3 is 4.90 Å². The van der Waals surface area contributed by atoms with Crippen LogP contribution in [0.1, 0.15) is 61.6 Å². The molecule has 1 aliphatic rings. The average Bonchev–Trinajstić information content (AvgIpc) is 2.82. The standard InChI is InChI=1S/C28H35F6N/c1-2-18-35(20-17-21-8-4-3-5-9-21)19-7-10-22-13-15-23(16-14-22)26-24(27(29,30)31)11-6-12-25(26)28(32,33)34/h3-5,8-9,13-16,24-26H,2,6-7,10-12,17-20H2,1H3. The van der Waals surface area contributed by atoms with E-state index in [-0.39, 0.29) is 24.8 Å². The quantitative estimate of drug-likeness (QED) is 0.298. The topological polar surface area (TPSA) is 3.24 Å². The van der Waals surface area contributed by atoms with Crippen molar-refractivity contribution < 1.29 is 26.3 Å². The molecule has 0 saturated heterocycles. The van der Waals surface area contributed by atoms with Crippen LogP contribution in [0.15, 0.2) is 54.6 Å². The number of nitrogens with zero attached hydrogens (tertiary/aromatic N) is 1. The normalized spacial score (nSPS) is 21.4. The third-order valence-electron chi connectivity index (χ3n) is 7.14. The van der Waals surface area contributed by atoms with Crippen LogP contribution in [-0.4, -0.2) is 36.9 Å². The molecule has 2 unspecified atom stereocenters. The number of rotatable bonds is 10. The highest BCUT2D eigenvalue weighted by Gasteiger charge is 2.56. The van der Waals surface area contributed by atoms with Gasteiger partial charge in [0.1, 0.15) is 0 Å². The van der Waals surface area contributed by atoms with Crippen molar-refractivity contribution in [3.05, 3.63) is 71.3 Å². The fraction of sp³-hybridized carbons (Fsp3) is 0.571. The molecule has 194 valence electrons. The van der Waals surface area contributed by atoms with Gasteiger partial charge in [-0.3, -0.25) is 0 Å². The summed E-state index contributed by atoms with van der Waals surface area (Å²) < 4.78 is 81.7. The first-order chi connectivity index (χ1) is 16.6. The van der Waals surface area contributed by atoms with Gasteiger partial charge in [0.15, 0.2) is 0 Å². The second-order valence-electron chi connectivity index (χ2n) is 9.68. The van der Waals surface area contributed by atoms with Gasteiger partial charge in [0.2, 0.25) is 0 Å². The maximum Gasteiger partial charge on any atom is 0.392 e. The van der Waals surface area contributed by atoms with Crippen LogP contribution in [0.3, 0.4) is 0 Å². The molecule has 35 heavy (non-hydrogen) atoms. The van der Waals surface area contributed by atoms with Crippen molar-refractivity contribution in [3.63, 3.8) is 0 Å². The lowest BCUT2D eigenvalue weighted by atomic mass is 9.68. The van der Waals surface area contributed by atoms with Gasteiger partial charge in [0, 0.05) is 12.5 Å². The minimum atomic E-state index is -4.64. The summed E-state index contributed by atoms with van der Waals surface area (Å²) in [6.45, 7) is 4.99. The van der Waals surface area contributed by atoms with Crippen LogP contribution in [0.5, 0.6) is 0 Å². The van der Waals surface area contributed by atoms with E-state index >= 15 is 0 Å². The predicted octanol–water partition coefficient (Wildman–Crippen LogP) is 8.20.